The Morgan fingerprint density at radius 2 is 2.18 bits per heavy atom. The Kier molecular flexibility index (Phi) is 6.92. The lowest BCUT2D eigenvalue weighted by Crippen LogP contribution is -2.47. The lowest BCUT2D eigenvalue weighted by atomic mass is 9.76. The highest BCUT2D eigenvalue weighted by atomic mass is 32.1. The van der Waals surface area contributed by atoms with Crippen LogP contribution in [0.3, 0.4) is 0 Å². The lowest BCUT2D eigenvalue weighted by molar-refractivity contribution is -0.0349. The van der Waals surface area contributed by atoms with Gasteiger partial charge < -0.3 is 10.5 Å². The number of pyridine rings is 1. The summed E-state index contributed by atoms with van der Waals surface area (Å²) in [5, 5.41) is 2.17. The van der Waals surface area contributed by atoms with Gasteiger partial charge in [0, 0.05) is 47.4 Å². The Morgan fingerprint density at radius 1 is 1.36 bits per heavy atom. The lowest BCUT2D eigenvalue weighted by Gasteiger charge is -2.41. The second kappa shape index (κ2) is 9.04. The number of ether oxygens (including phenoxy) is 1. The summed E-state index contributed by atoms with van der Waals surface area (Å²) in [5.74, 6) is 0. The summed E-state index contributed by atoms with van der Waals surface area (Å²) in [6.07, 6.45) is 5.48. The minimum atomic E-state index is -0.0588. The van der Waals surface area contributed by atoms with Gasteiger partial charge in [-0.3, -0.25) is 9.88 Å². The molecule has 2 atom stereocenters. The largest absolute Gasteiger partial charge is 0.377 e. The summed E-state index contributed by atoms with van der Waals surface area (Å²) < 4.78 is 6.17. The second-order valence-electron chi connectivity index (χ2n) is 8.54. The van der Waals surface area contributed by atoms with Gasteiger partial charge in [0.2, 0.25) is 0 Å². The van der Waals surface area contributed by atoms with Crippen molar-refractivity contribution in [2.75, 3.05) is 26.2 Å². The minimum absolute atomic E-state index is 0.0588. The van der Waals surface area contributed by atoms with Crippen LogP contribution in [0.1, 0.15) is 49.7 Å². The van der Waals surface area contributed by atoms with E-state index in [4.69, 9.17) is 10.5 Å². The summed E-state index contributed by atoms with van der Waals surface area (Å²) in [4.78, 5) is 8.59. The molecule has 0 bridgehead atoms. The van der Waals surface area contributed by atoms with Gasteiger partial charge in [-0.25, -0.2) is 0 Å². The second-order valence-corrected chi connectivity index (χ2v) is 9.57. The Balaban J connectivity index is 1.82. The maximum absolute atomic E-state index is 6.20. The number of likely N-dealkylation sites (tertiary alicyclic amines) is 1. The van der Waals surface area contributed by atoms with Gasteiger partial charge in [0.1, 0.15) is 0 Å². The third-order valence-corrected chi connectivity index (χ3v) is 7.44. The van der Waals surface area contributed by atoms with E-state index in [1.54, 1.807) is 0 Å². The van der Waals surface area contributed by atoms with Crippen molar-refractivity contribution in [3.63, 3.8) is 0 Å². The maximum Gasteiger partial charge on any atom is 0.0766 e. The van der Waals surface area contributed by atoms with Crippen LogP contribution in [0.2, 0.25) is 0 Å². The van der Waals surface area contributed by atoms with E-state index in [1.807, 2.05) is 24.5 Å². The number of aromatic nitrogens is 1. The first-order valence-corrected chi connectivity index (χ1v) is 11.3. The molecular formula is C23H35N3OS. The topological polar surface area (TPSA) is 51.4 Å². The van der Waals surface area contributed by atoms with E-state index < -0.39 is 0 Å². The van der Waals surface area contributed by atoms with Crippen molar-refractivity contribution in [2.45, 2.75) is 58.6 Å². The van der Waals surface area contributed by atoms with Gasteiger partial charge in [-0.2, -0.15) is 0 Å². The molecule has 0 saturated carbocycles. The Bertz CT molecular complexity index is 729. The van der Waals surface area contributed by atoms with Crippen LogP contribution in [-0.2, 0) is 16.7 Å². The van der Waals surface area contributed by atoms with Gasteiger partial charge >= 0.3 is 0 Å². The van der Waals surface area contributed by atoms with Crippen LogP contribution < -0.4 is 5.73 Å². The highest BCUT2D eigenvalue weighted by Crippen LogP contribution is 2.44. The third-order valence-electron chi connectivity index (χ3n) is 6.51. The van der Waals surface area contributed by atoms with Gasteiger partial charge in [-0.1, -0.05) is 12.1 Å². The third kappa shape index (κ3) is 4.48. The molecule has 0 aliphatic carbocycles. The number of aryl methyl sites for hydroxylation is 2. The summed E-state index contributed by atoms with van der Waals surface area (Å²) >= 11 is 1.85. The molecule has 1 aliphatic heterocycles. The molecule has 1 aliphatic rings. The molecule has 0 spiro atoms. The number of hydrogen-bond acceptors (Lipinski definition) is 5. The van der Waals surface area contributed by atoms with Crippen molar-refractivity contribution in [2.24, 2.45) is 11.1 Å². The van der Waals surface area contributed by atoms with Crippen LogP contribution in [0.4, 0.5) is 0 Å². The molecule has 2 aromatic heterocycles. The fourth-order valence-corrected chi connectivity index (χ4v) is 5.25. The van der Waals surface area contributed by atoms with Crippen molar-refractivity contribution in [3.05, 3.63) is 52.0 Å². The first-order chi connectivity index (χ1) is 13.4. The van der Waals surface area contributed by atoms with Gasteiger partial charge in [0.25, 0.3) is 0 Å². The van der Waals surface area contributed by atoms with Crippen LogP contribution in [0.15, 0.2) is 35.8 Å². The zero-order valence-electron chi connectivity index (χ0n) is 17.8. The number of rotatable bonds is 9. The van der Waals surface area contributed by atoms with E-state index in [0.29, 0.717) is 13.2 Å². The molecule has 3 heterocycles. The molecule has 1 saturated heterocycles. The molecular weight excluding hydrogens is 366 g/mol. The molecule has 28 heavy (non-hydrogen) atoms. The summed E-state index contributed by atoms with van der Waals surface area (Å²) in [7, 11) is 0. The monoisotopic (exact) mass is 401 g/mol. The maximum atomic E-state index is 6.20. The Labute approximate surface area is 174 Å². The zero-order valence-corrected chi connectivity index (χ0v) is 18.6. The number of nitrogens with two attached hydrogens (primary N) is 1. The van der Waals surface area contributed by atoms with Crippen molar-refractivity contribution in [3.8, 4) is 0 Å². The smallest absolute Gasteiger partial charge is 0.0766 e. The highest BCUT2D eigenvalue weighted by molar-refractivity contribution is 7.09. The van der Waals surface area contributed by atoms with Crippen LogP contribution >= 0.6 is 11.3 Å². The zero-order chi connectivity index (χ0) is 20.2. The summed E-state index contributed by atoms with van der Waals surface area (Å²) in [6, 6.07) is 8.71. The standard InChI is InChI=1S/C23H35N3OS/c1-5-27-21(15-24)23(11-10-20-7-6-14-28-20)12-13-26(17-23)22(3,4)19-9-8-18(2)25-16-19/h6-9,14,16,21H,5,10-13,15,17,24H2,1-4H3. The molecule has 1 fully saturated rings. The molecule has 3 rings (SSSR count). The Hall–Kier alpha value is -1.27. The van der Waals surface area contributed by atoms with E-state index in [-0.39, 0.29) is 17.1 Å². The van der Waals surface area contributed by atoms with Crippen molar-refractivity contribution in [1.82, 2.24) is 9.88 Å². The molecule has 2 aromatic rings. The van der Waals surface area contributed by atoms with E-state index in [0.717, 1.165) is 38.0 Å². The van der Waals surface area contributed by atoms with E-state index in [1.165, 1.54) is 10.4 Å². The van der Waals surface area contributed by atoms with Crippen molar-refractivity contribution < 1.29 is 4.74 Å². The fraction of sp³-hybridized carbons (Fsp3) is 0.609. The predicted octanol–water partition coefficient (Wildman–Crippen LogP) is 4.38. The molecule has 5 heteroatoms. The van der Waals surface area contributed by atoms with E-state index >= 15 is 0 Å². The first-order valence-electron chi connectivity index (χ1n) is 10.4. The average Bonchev–Trinajstić information content (AvgIpc) is 3.35. The number of hydrogen-bond donors (Lipinski definition) is 1. The van der Waals surface area contributed by atoms with Gasteiger partial charge in [0.15, 0.2) is 0 Å². The normalized spacial score (nSPS) is 21.9. The Morgan fingerprint density at radius 3 is 2.79 bits per heavy atom. The minimum Gasteiger partial charge on any atom is -0.377 e. The van der Waals surface area contributed by atoms with Crippen LogP contribution in [0, 0.1) is 12.3 Å². The number of nitrogens with zero attached hydrogens (tertiary/aromatic N) is 2. The van der Waals surface area contributed by atoms with Gasteiger partial charge in [-0.15, -0.1) is 11.3 Å². The fourth-order valence-electron chi connectivity index (χ4n) is 4.54. The van der Waals surface area contributed by atoms with Crippen LogP contribution in [0.25, 0.3) is 0 Å². The molecule has 2 N–H and O–H groups in total. The van der Waals surface area contributed by atoms with E-state index in [2.05, 4.69) is 60.3 Å². The molecule has 0 amide bonds. The molecule has 4 nitrogen and oxygen atoms in total. The van der Waals surface area contributed by atoms with Crippen molar-refractivity contribution in [1.29, 1.82) is 0 Å². The summed E-state index contributed by atoms with van der Waals surface area (Å²) in [5.41, 5.74) is 8.58. The predicted molar refractivity (Wildman–Crippen MR) is 118 cm³/mol. The SMILES string of the molecule is CCOC(CN)C1(CCc2cccs2)CCN(C(C)(C)c2ccc(C)nc2)C1. The first kappa shape index (κ1) is 21.4. The van der Waals surface area contributed by atoms with Crippen LogP contribution in [-0.4, -0.2) is 42.2 Å². The van der Waals surface area contributed by atoms with Gasteiger partial charge in [0.05, 0.1) is 6.10 Å². The van der Waals surface area contributed by atoms with Crippen molar-refractivity contribution >= 4 is 11.3 Å². The highest BCUT2D eigenvalue weighted by Gasteiger charge is 2.47. The number of thiophene rings is 1. The molecule has 0 radical (unpaired) electrons. The summed E-state index contributed by atoms with van der Waals surface area (Å²) in [6.45, 7) is 12.1. The average molecular weight is 402 g/mol. The quantitative estimate of drug-likeness (QED) is 0.678. The van der Waals surface area contributed by atoms with E-state index in [9.17, 15) is 0 Å². The van der Waals surface area contributed by atoms with Gasteiger partial charge in [-0.05, 0) is 76.6 Å². The molecule has 154 valence electrons. The van der Waals surface area contributed by atoms with Crippen LogP contribution in [0.5, 0.6) is 0 Å². The molecule has 2 unspecified atom stereocenters. The molecule has 0 aromatic carbocycles.